The highest BCUT2D eigenvalue weighted by atomic mass is 16.6. The van der Waals surface area contributed by atoms with E-state index in [0.29, 0.717) is 5.56 Å². The summed E-state index contributed by atoms with van der Waals surface area (Å²) in [6.45, 7) is 0. The molecular formula is C15H9N5O2. The van der Waals surface area contributed by atoms with Gasteiger partial charge in [-0.25, -0.2) is 0 Å². The first-order valence-electron chi connectivity index (χ1n) is 5.86. The average molecular weight is 291 g/mol. The fourth-order valence-electron chi connectivity index (χ4n) is 1.43. The molecule has 0 fully saturated rings. The van der Waals surface area contributed by atoms with Crippen LogP contribution in [-0.2, 0) is 0 Å². The van der Waals surface area contributed by atoms with Gasteiger partial charge in [0.15, 0.2) is 5.57 Å². The van der Waals surface area contributed by atoms with Crippen LogP contribution in [0.5, 0.6) is 0 Å². The number of nitrogens with two attached hydrogens (primary N) is 1. The Morgan fingerprint density at radius 3 is 2.18 bits per heavy atom. The second kappa shape index (κ2) is 7.64. The Morgan fingerprint density at radius 2 is 1.73 bits per heavy atom. The summed E-state index contributed by atoms with van der Waals surface area (Å²) in [6.07, 6.45) is 4.46. The smallest absolute Gasteiger partial charge is 0.269 e. The molecule has 1 aromatic rings. The van der Waals surface area contributed by atoms with Crippen LogP contribution >= 0.6 is 0 Å². The largest absolute Gasteiger partial charge is 0.396 e. The molecule has 0 amide bonds. The molecule has 2 N–H and O–H groups in total. The Hall–Kier alpha value is -3.89. The molecule has 1 aromatic carbocycles. The van der Waals surface area contributed by atoms with E-state index in [9.17, 15) is 10.1 Å². The molecule has 0 unspecified atom stereocenters. The Morgan fingerprint density at radius 1 is 1.14 bits per heavy atom. The van der Waals surface area contributed by atoms with E-state index in [-0.39, 0.29) is 22.5 Å². The SMILES string of the molecule is N#CC(C#N)=C(N)/C(C#N)=C/C=C/c1ccc([N+](=O)[O-])cc1. The molecule has 0 atom stereocenters. The molecule has 0 bridgehead atoms. The summed E-state index contributed by atoms with van der Waals surface area (Å²) in [7, 11) is 0. The Kier molecular flexibility index (Phi) is 5.61. The van der Waals surface area contributed by atoms with E-state index in [0.717, 1.165) is 0 Å². The first-order chi connectivity index (χ1) is 10.5. The van der Waals surface area contributed by atoms with E-state index < -0.39 is 4.92 Å². The molecule has 7 nitrogen and oxygen atoms in total. The Balaban J connectivity index is 3.01. The third kappa shape index (κ3) is 4.06. The maximum atomic E-state index is 10.5. The lowest BCUT2D eigenvalue weighted by Crippen LogP contribution is -2.03. The normalized spacial score (nSPS) is 10.3. The van der Waals surface area contributed by atoms with Gasteiger partial charge < -0.3 is 5.73 Å². The van der Waals surface area contributed by atoms with Crippen molar-refractivity contribution in [2.24, 2.45) is 5.73 Å². The van der Waals surface area contributed by atoms with Crippen LogP contribution in [0.15, 0.2) is 53.3 Å². The van der Waals surface area contributed by atoms with Gasteiger partial charge in [-0.05, 0) is 23.8 Å². The monoisotopic (exact) mass is 291 g/mol. The summed E-state index contributed by atoms with van der Waals surface area (Å²) < 4.78 is 0. The zero-order valence-corrected chi connectivity index (χ0v) is 11.2. The first kappa shape index (κ1) is 16.2. The van der Waals surface area contributed by atoms with Gasteiger partial charge in [0, 0.05) is 12.1 Å². The molecule has 7 heteroatoms. The Bertz CT molecular complexity index is 780. The van der Waals surface area contributed by atoms with Crippen LogP contribution in [0.3, 0.4) is 0 Å². The lowest BCUT2D eigenvalue weighted by atomic mass is 10.1. The highest BCUT2D eigenvalue weighted by molar-refractivity contribution is 5.57. The van der Waals surface area contributed by atoms with Gasteiger partial charge in [-0.2, -0.15) is 15.8 Å². The molecule has 0 heterocycles. The van der Waals surface area contributed by atoms with Crippen molar-refractivity contribution in [3.63, 3.8) is 0 Å². The summed E-state index contributed by atoms with van der Waals surface area (Å²) in [5.74, 6) is 0. The summed E-state index contributed by atoms with van der Waals surface area (Å²) in [5, 5.41) is 36.9. The zero-order valence-electron chi connectivity index (χ0n) is 11.2. The number of nitro benzene ring substituents is 1. The first-order valence-corrected chi connectivity index (χ1v) is 5.86. The summed E-state index contributed by atoms with van der Waals surface area (Å²) >= 11 is 0. The maximum absolute atomic E-state index is 10.5. The second-order valence-electron chi connectivity index (χ2n) is 3.91. The average Bonchev–Trinajstić information content (AvgIpc) is 2.53. The van der Waals surface area contributed by atoms with Crippen LogP contribution in [0.1, 0.15) is 5.56 Å². The van der Waals surface area contributed by atoms with E-state index >= 15 is 0 Å². The minimum Gasteiger partial charge on any atom is -0.396 e. The second-order valence-corrected chi connectivity index (χ2v) is 3.91. The molecule has 0 spiro atoms. The van der Waals surface area contributed by atoms with E-state index in [1.54, 1.807) is 36.4 Å². The maximum Gasteiger partial charge on any atom is 0.269 e. The molecule has 0 aliphatic heterocycles. The Labute approximate surface area is 126 Å². The van der Waals surface area contributed by atoms with Crippen LogP contribution in [0.4, 0.5) is 5.69 Å². The standard InChI is InChI=1S/C15H9N5O2/c16-8-12(15(19)13(9-17)10-18)3-1-2-11-4-6-14(7-5-11)20(21)22/h1-7H,19H2/b2-1+,12-3+. The van der Waals surface area contributed by atoms with Gasteiger partial charge in [-0.3, -0.25) is 10.1 Å². The van der Waals surface area contributed by atoms with Crippen molar-refractivity contribution < 1.29 is 4.92 Å². The summed E-state index contributed by atoms with van der Waals surface area (Å²) in [4.78, 5) is 10.0. The topological polar surface area (TPSA) is 141 Å². The zero-order chi connectivity index (χ0) is 16.5. The minimum atomic E-state index is -0.502. The molecule has 0 aliphatic carbocycles. The highest BCUT2D eigenvalue weighted by Gasteiger charge is 2.06. The summed E-state index contributed by atoms with van der Waals surface area (Å²) in [6, 6.07) is 10.8. The fraction of sp³-hybridized carbons (Fsp3) is 0. The van der Waals surface area contributed by atoms with Gasteiger partial charge in [-0.1, -0.05) is 12.2 Å². The number of rotatable bonds is 4. The van der Waals surface area contributed by atoms with Crippen LogP contribution in [0.25, 0.3) is 6.08 Å². The third-order valence-corrected chi connectivity index (χ3v) is 2.56. The molecule has 0 saturated heterocycles. The molecule has 0 aromatic heterocycles. The van der Waals surface area contributed by atoms with Crippen molar-refractivity contribution in [1.82, 2.24) is 0 Å². The highest BCUT2D eigenvalue weighted by Crippen LogP contribution is 2.13. The minimum absolute atomic E-state index is 0.0174. The fourth-order valence-corrected chi connectivity index (χ4v) is 1.43. The van der Waals surface area contributed by atoms with Crippen LogP contribution in [-0.4, -0.2) is 4.92 Å². The van der Waals surface area contributed by atoms with Crippen molar-refractivity contribution in [1.29, 1.82) is 15.8 Å². The van der Waals surface area contributed by atoms with Gasteiger partial charge in [0.05, 0.1) is 16.2 Å². The van der Waals surface area contributed by atoms with Crippen molar-refractivity contribution in [3.05, 3.63) is 68.9 Å². The predicted molar refractivity (Wildman–Crippen MR) is 78.3 cm³/mol. The number of allylic oxidation sites excluding steroid dienone is 4. The number of nitrogens with zero attached hydrogens (tertiary/aromatic N) is 4. The molecule has 22 heavy (non-hydrogen) atoms. The summed E-state index contributed by atoms with van der Waals surface area (Å²) in [5.41, 5.74) is 5.67. The van der Waals surface area contributed by atoms with E-state index in [2.05, 4.69) is 0 Å². The van der Waals surface area contributed by atoms with Gasteiger partial charge in [0.2, 0.25) is 0 Å². The quantitative estimate of drug-likeness (QED) is 0.390. The predicted octanol–water partition coefficient (Wildman–Crippen LogP) is 2.32. The molecule has 0 aliphatic rings. The van der Waals surface area contributed by atoms with Crippen molar-refractivity contribution in [2.45, 2.75) is 0 Å². The van der Waals surface area contributed by atoms with Crippen molar-refractivity contribution >= 4 is 11.8 Å². The van der Waals surface area contributed by atoms with Gasteiger partial charge in [-0.15, -0.1) is 0 Å². The third-order valence-electron chi connectivity index (χ3n) is 2.56. The van der Waals surface area contributed by atoms with Gasteiger partial charge in [0.1, 0.15) is 18.2 Å². The molecule has 1 rings (SSSR count). The lowest BCUT2D eigenvalue weighted by molar-refractivity contribution is -0.384. The molecular weight excluding hydrogens is 282 g/mol. The van der Waals surface area contributed by atoms with E-state index in [1.165, 1.54) is 24.3 Å². The van der Waals surface area contributed by atoms with Gasteiger partial charge >= 0.3 is 0 Å². The van der Waals surface area contributed by atoms with Crippen LogP contribution in [0, 0.1) is 44.1 Å². The van der Waals surface area contributed by atoms with Gasteiger partial charge in [0.25, 0.3) is 5.69 Å². The molecule has 0 saturated carbocycles. The van der Waals surface area contributed by atoms with E-state index in [4.69, 9.17) is 21.5 Å². The number of hydrogen-bond donors (Lipinski definition) is 1. The number of nitriles is 3. The number of nitro groups is 1. The van der Waals surface area contributed by atoms with E-state index in [1.807, 2.05) is 0 Å². The number of non-ortho nitro benzene ring substituents is 1. The number of hydrogen-bond acceptors (Lipinski definition) is 6. The molecule has 106 valence electrons. The van der Waals surface area contributed by atoms with Crippen LogP contribution in [0.2, 0.25) is 0 Å². The van der Waals surface area contributed by atoms with Crippen molar-refractivity contribution in [3.8, 4) is 18.2 Å². The lowest BCUT2D eigenvalue weighted by Gasteiger charge is -1.96. The van der Waals surface area contributed by atoms with Crippen molar-refractivity contribution in [2.75, 3.05) is 0 Å². The molecule has 0 radical (unpaired) electrons. The van der Waals surface area contributed by atoms with Crippen LogP contribution < -0.4 is 5.73 Å². The number of benzene rings is 1.